The Morgan fingerprint density at radius 1 is 0.966 bits per heavy atom. The van der Waals surface area contributed by atoms with E-state index in [1.54, 1.807) is 36.4 Å². The maximum atomic E-state index is 12.3. The maximum Gasteiger partial charge on any atom is 0.307 e. The molecule has 7 nitrogen and oxygen atoms in total. The molecule has 1 N–H and O–H groups in total. The normalized spacial score (nSPS) is 11.0. The van der Waals surface area contributed by atoms with Gasteiger partial charge >= 0.3 is 5.97 Å². The number of carbonyl (C=O) groups excluding carboxylic acids is 3. The van der Waals surface area contributed by atoms with Crippen molar-refractivity contribution >= 4 is 33.2 Å². The Labute approximate surface area is 170 Å². The maximum absolute atomic E-state index is 12.3. The third-order valence-electron chi connectivity index (χ3n) is 4.35. The van der Waals surface area contributed by atoms with E-state index in [2.05, 4.69) is 5.32 Å². The van der Waals surface area contributed by atoms with Crippen LogP contribution in [0.15, 0.2) is 47.4 Å². The summed E-state index contributed by atoms with van der Waals surface area (Å²) in [7, 11) is -3.62. The molecule has 1 amide bonds. The molecule has 0 fully saturated rings. The minimum absolute atomic E-state index is 0.0902. The first-order chi connectivity index (χ1) is 13.6. The number of carbonyl (C=O) groups is 3. The van der Waals surface area contributed by atoms with Crippen molar-refractivity contribution in [2.75, 3.05) is 17.7 Å². The van der Waals surface area contributed by atoms with Gasteiger partial charge in [-0.05, 0) is 68.3 Å². The van der Waals surface area contributed by atoms with Crippen LogP contribution in [0.3, 0.4) is 0 Å². The zero-order valence-corrected chi connectivity index (χ0v) is 17.3. The fraction of sp³-hybridized carbons (Fsp3) is 0.286. The van der Waals surface area contributed by atoms with E-state index < -0.39 is 34.1 Å². The summed E-state index contributed by atoms with van der Waals surface area (Å²) in [6, 6.07) is 11.1. The van der Waals surface area contributed by atoms with E-state index in [9.17, 15) is 22.8 Å². The highest BCUT2D eigenvalue weighted by molar-refractivity contribution is 7.91. The number of hydrogen-bond donors (Lipinski definition) is 1. The van der Waals surface area contributed by atoms with Gasteiger partial charge in [0.1, 0.15) is 0 Å². The van der Waals surface area contributed by atoms with Gasteiger partial charge in [0, 0.05) is 11.3 Å². The van der Waals surface area contributed by atoms with Crippen molar-refractivity contribution in [3.63, 3.8) is 0 Å². The van der Waals surface area contributed by atoms with Crippen LogP contribution in [0.4, 0.5) is 5.69 Å². The number of ether oxygens (including phenoxy) is 1. The van der Waals surface area contributed by atoms with E-state index in [0.29, 0.717) is 11.3 Å². The van der Waals surface area contributed by atoms with Gasteiger partial charge < -0.3 is 10.1 Å². The molecule has 0 heterocycles. The van der Waals surface area contributed by atoms with Crippen LogP contribution in [0, 0.1) is 13.8 Å². The van der Waals surface area contributed by atoms with Crippen LogP contribution in [-0.4, -0.2) is 38.4 Å². The molecule has 0 radical (unpaired) electrons. The number of sulfone groups is 1. The molecule has 154 valence electrons. The molecule has 0 aliphatic rings. The molecular formula is C21H23NO6S. The Morgan fingerprint density at radius 2 is 1.62 bits per heavy atom. The van der Waals surface area contributed by atoms with Crippen molar-refractivity contribution in [2.45, 2.75) is 32.1 Å². The summed E-state index contributed by atoms with van der Waals surface area (Å²) in [5.74, 6) is -1.83. The average molecular weight is 417 g/mol. The van der Waals surface area contributed by atoms with E-state index in [1.807, 2.05) is 13.8 Å². The van der Waals surface area contributed by atoms with E-state index in [-0.39, 0.29) is 17.1 Å². The van der Waals surface area contributed by atoms with Gasteiger partial charge in [-0.3, -0.25) is 14.4 Å². The van der Waals surface area contributed by atoms with Gasteiger partial charge in [-0.15, -0.1) is 0 Å². The van der Waals surface area contributed by atoms with Gasteiger partial charge in [0.15, 0.2) is 22.2 Å². The van der Waals surface area contributed by atoms with Crippen LogP contribution in [0.5, 0.6) is 0 Å². The molecule has 0 unspecified atom stereocenters. The first kappa shape index (κ1) is 22.3. The highest BCUT2D eigenvalue weighted by Gasteiger charge is 2.18. The van der Waals surface area contributed by atoms with Gasteiger partial charge in [-0.25, -0.2) is 8.42 Å². The van der Waals surface area contributed by atoms with E-state index >= 15 is 0 Å². The lowest BCUT2D eigenvalue weighted by Gasteiger charge is -2.08. The molecule has 0 aliphatic carbocycles. The lowest BCUT2D eigenvalue weighted by Crippen LogP contribution is -2.22. The van der Waals surface area contributed by atoms with Crippen LogP contribution in [-0.2, 0) is 24.2 Å². The van der Waals surface area contributed by atoms with Gasteiger partial charge in [-0.1, -0.05) is 6.07 Å². The molecule has 0 aromatic heterocycles. The van der Waals surface area contributed by atoms with Crippen LogP contribution in [0.2, 0.25) is 0 Å². The Hall–Kier alpha value is -3.00. The second kappa shape index (κ2) is 9.47. The van der Waals surface area contributed by atoms with Crippen LogP contribution in [0.1, 0.15) is 34.8 Å². The molecule has 2 aromatic carbocycles. The van der Waals surface area contributed by atoms with Crippen molar-refractivity contribution in [1.29, 1.82) is 0 Å². The molecule has 29 heavy (non-hydrogen) atoms. The molecule has 0 atom stereocenters. The number of nitrogens with one attached hydrogen (secondary N) is 1. The lowest BCUT2D eigenvalue weighted by atomic mass is 10.1. The summed E-state index contributed by atoms with van der Waals surface area (Å²) in [6.07, 6.45) is -0.351. The zero-order valence-electron chi connectivity index (χ0n) is 16.5. The molecule has 0 bridgehead atoms. The Morgan fingerprint density at radius 3 is 2.21 bits per heavy atom. The van der Waals surface area contributed by atoms with Gasteiger partial charge in [0.05, 0.1) is 17.1 Å². The molecular weight excluding hydrogens is 394 g/mol. The number of benzene rings is 2. The quantitative estimate of drug-likeness (QED) is 0.523. The Bertz CT molecular complexity index is 1030. The fourth-order valence-electron chi connectivity index (χ4n) is 2.45. The van der Waals surface area contributed by atoms with Crippen molar-refractivity contribution in [1.82, 2.24) is 0 Å². The summed E-state index contributed by atoms with van der Waals surface area (Å²) in [4.78, 5) is 35.0. The van der Waals surface area contributed by atoms with Gasteiger partial charge in [0.2, 0.25) is 0 Å². The zero-order chi connectivity index (χ0) is 21.6. The summed E-state index contributed by atoms with van der Waals surface area (Å²) in [5, 5.41) is 2.53. The molecule has 0 spiro atoms. The number of anilines is 1. The molecule has 0 saturated carbocycles. The number of amides is 1. The van der Waals surface area contributed by atoms with Crippen LogP contribution in [0.25, 0.3) is 0 Å². The summed E-state index contributed by atoms with van der Waals surface area (Å²) < 4.78 is 29.5. The number of esters is 1. The van der Waals surface area contributed by atoms with E-state index in [1.165, 1.54) is 13.0 Å². The second-order valence-corrected chi connectivity index (χ2v) is 8.77. The second-order valence-electron chi connectivity index (χ2n) is 6.66. The predicted molar refractivity (Wildman–Crippen MR) is 109 cm³/mol. The van der Waals surface area contributed by atoms with E-state index in [4.69, 9.17) is 4.74 Å². The molecule has 0 aliphatic heterocycles. The lowest BCUT2D eigenvalue weighted by molar-refractivity contribution is -0.146. The molecule has 0 saturated heterocycles. The first-order valence-electron chi connectivity index (χ1n) is 8.95. The Kier molecular flexibility index (Phi) is 7.28. The van der Waals surface area contributed by atoms with Crippen molar-refractivity contribution in [2.24, 2.45) is 0 Å². The summed E-state index contributed by atoms with van der Waals surface area (Å²) >= 11 is 0. The largest absolute Gasteiger partial charge is 0.456 e. The minimum Gasteiger partial charge on any atom is -0.456 e. The third-order valence-corrected chi connectivity index (χ3v) is 6.07. The van der Waals surface area contributed by atoms with Crippen molar-refractivity contribution in [3.05, 3.63) is 59.2 Å². The fourth-order valence-corrected chi connectivity index (χ4v) is 3.75. The molecule has 2 aromatic rings. The van der Waals surface area contributed by atoms with Crippen LogP contribution < -0.4 is 5.32 Å². The number of ketones is 1. The highest BCUT2D eigenvalue weighted by Crippen LogP contribution is 2.17. The number of aryl methyl sites for hydroxylation is 2. The van der Waals surface area contributed by atoms with Crippen molar-refractivity contribution in [3.8, 4) is 0 Å². The van der Waals surface area contributed by atoms with Gasteiger partial charge in [0.25, 0.3) is 5.91 Å². The predicted octanol–water partition coefficient (Wildman–Crippen LogP) is 2.85. The SMILES string of the molecule is CC(=O)c1ccc(NC(=O)COC(=O)CCS(=O)(=O)c2ccc(C)c(C)c2)cc1. The van der Waals surface area contributed by atoms with Gasteiger partial charge in [-0.2, -0.15) is 0 Å². The summed E-state index contributed by atoms with van der Waals surface area (Å²) in [5.41, 5.74) is 2.79. The number of rotatable bonds is 8. The smallest absolute Gasteiger partial charge is 0.307 e. The first-order valence-corrected chi connectivity index (χ1v) is 10.6. The monoisotopic (exact) mass is 417 g/mol. The summed E-state index contributed by atoms with van der Waals surface area (Å²) in [6.45, 7) is 4.60. The molecule has 2 rings (SSSR count). The topological polar surface area (TPSA) is 107 Å². The average Bonchev–Trinajstić information content (AvgIpc) is 2.67. The van der Waals surface area contributed by atoms with E-state index in [0.717, 1.165) is 11.1 Å². The number of Topliss-reactive ketones (excluding diaryl/α,β-unsaturated/α-hetero) is 1. The Balaban J connectivity index is 1.82. The minimum atomic E-state index is -3.62. The van der Waals surface area contributed by atoms with Crippen molar-refractivity contribution < 1.29 is 27.5 Å². The highest BCUT2D eigenvalue weighted by atomic mass is 32.2. The molecule has 8 heteroatoms. The third kappa shape index (κ3) is 6.53. The standard InChI is InChI=1S/C21H23NO6S/c1-14-4-9-19(12-15(14)2)29(26,27)11-10-21(25)28-13-20(24)22-18-7-5-17(6-8-18)16(3)23/h4-9,12H,10-11,13H2,1-3H3,(H,22,24). The number of hydrogen-bond acceptors (Lipinski definition) is 6. The van der Waals surface area contributed by atoms with Crippen LogP contribution >= 0.6 is 0 Å².